The molecule has 0 radical (unpaired) electrons. The normalized spacial score (nSPS) is 12.9. The molecule has 2 aromatic rings. The first-order chi connectivity index (χ1) is 11.7. The highest BCUT2D eigenvalue weighted by Crippen LogP contribution is 2.20. The Hall–Kier alpha value is -2.21. The summed E-state index contributed by atoms with van der Waals surface area (Å²) in [5.41, 5.74) is 3.07. The summed E-state index contributed by atoms with van der Waals surface area (Å²) in [6.07, 6.45) is 4.99. The molecule has 2 amide bonds. The van der Waals surface area contributed by atoms with E-state index in [0.29, 0.717) is 13.0 Å². The predicted octanol–water partition coefficient (Wildman–Crippen LogP) is 3.53. The van der Waals surface area contributed by atoms with Crippen LogP contribution in [0, 0.1) is 0 Å². The van der Waals surface area contributed by atoms with Crippen LogP contribution in [0.2, 0.25) is 0 Å². The highest BCUT2D eigenvalue weighted by Gasteiger charge is 2.10. The van der Waals surface area contributed by atoms with Crippen molar-refractivity contribution in [3.63, 3.8) is 0 Å². The molecule has 0 bridgehead atoms. The van der Waals surface area contributed by atoms with E-state index >= 15 is 0 Å². The zero-order chi connectivity index (χ0) is 16.8. The van der Waals surface area contributed by atoms with E-state index in [1.165, 1.54) is 10.5 Å². The van der Waals surface area contributed by atoms with Crippen LogP contribution in [0.15, 0.2) is 41.3 Å². The van der Waals surface area contributed by atoms with Crippen LogP contribution in [0.5, 0.6) is 0 Å². The fourth-order valence-corrected chi connectivity index (χ4v) is 3.07. The van der Waals surface area contributed by atoms with E-state index in [0.717, 1.165) is 36.6 Å². The summed E-state index contributed by atoms with van der Waals surface area (Å²) in [6, 6.07) is 11.8. The van der Waals surface area contributed by atoms with Gasteiger partial charge in [0.25, 0.3) is 0 Å². The fourth-order valence-electron chi connectivity index (χ4n) is 2.66. The van der Waals surface area contributed by atoms with Gasteiger partial charge in [0.1, 0.15) is 5.82 Å². The number of amides is 2. The Labute approximate surface area is 146 Å². The van der Waals surface area contributed by atoms with Gasteiger partial charge in [-0.3, -0.25) is 0 Å². The number of rotatable bonds is 5. The predicted molar refractivity (Wildman–Crippen MR) is 100.0 cm³/mol. The Balaban J connectivity index is 1.46. The second kappa shape index (κ2) is 8.06. The van der Waals surface area contributed by atoms with Crippen LogP contribution in [0.25, 0.3) is 0 Å². The molecule has 0 unspecified atom stereocenters. The Morgan fingerprint density at radius 2 is 2.08 bits per heavy atom. The number of fused-ring (bicyclic) bond motifs is 1. The van der Waals surface area contributed by atoms with Gasteiger partial charge in [-0.15, -0.1) is 11.8 Å². The number of carbonyl (C=O) groups excluding carboxylic acids is 1. The van der Waals surface area contributed by atoms with Crippen LogP contribution < -0.4 is 16.0 Å². The highest BCUT2D eigenvalue weighted by molar-refractivity contribution is 7.98. The van der Waals surface area contributed by atoms with Gasteiger partial charge in [-0.1, -0.05) is 6.07 Å². The number of hydrogen-bond donors (Lipinski definition) is 3. The van der Waals surface area contributed by atoms with Gasteiger partial charge in [0.15, 0.2) is 0 Å². The van der Waals surface area contributed by atoms with Crippen molar-refractivity contribution in [3.8, 4) is 0 Å². The van der Waals surface area contributed by atoms with Crippen molar-refractivity contribution in [1.82, 2.24) is 10.3 Å². The quantitative estimate of drug-likeness (QED) is 0.727. The summed E-state index contributed by atoms with van der Waals surface area (Å²) >= 11 is 1.68. The molecule has 126 valence electrons. The molecule has 0 spiro atoms. The molecule has 1 aromatic carbocycles. The number of thioether (sulfide) groups is 1. The lowest BCUT2D eigenvalue weighted by atomic mass is 10.1. The molecule has 1 aromatic heterocycles. The summed E-state index contributed by atoms with van der Waals surface area (Å²) in [7, 11) is 0. The molecular weight excluding hydrogens is 320 g/mol. The summed E-state index contributed by atoms with van der Waals surface area (Å²) in [5.74, 6) is 0.997. The summed E-state index contributed by atoms with van der Waals surface area (Å²) in [6.45, 7) is 1.54. The van der Waals surface area contributed by atoms with Gasteiger partial charge >= 0.3 is 6.03 Å². The lowest BCUT2D eigenvalue weighted by Crippen LogP contribution is -2.30. The third-order valence-corrected chi connectivity index (χ3v) is 4.71. The van der Waals surface area contributed by atoms with Crippen LogP contribution >= 0.6 is 11.8 Å². The number of aromatic nitrogens is 1. The lowest BCUT2D eigenvalue weighted by molar-refractivity contribution is 0.252. The first-order valence-corrected chi connectivity index (χ1v) is 9.38. The number of anilines is 2. The van der Waals surface area contributed by atoms with Crippen molar-refractivity contribution in [2.24, 2.45) is 0 Å². The topological polar surface area (TPSA) is 66.0 Å². The molecule has 2 heterocycles. The van der Waals surface area contributed by atoms with Gasteiger partial charge in [-0.05, 0) is 55.0 Å². The molecule has 24 heavy (non-hydrogen) atoms. The van der Waals surface area contributed by atoms with E-state index in [4.69, 9.17) is 0 Å². The molecule has 0 fully saturated rings. The Morgan fingerprint density at radius 1 is 1.25 bits per heavy atom. The summed E-state index contributed by atoms with van der Waals surface area (Å²) < 4.78 is 0. The summed E-state index contributed by atoms with van der Waals surface area (Å²) in [4.78, 5) is 17.7. The highest BCUT2D eigenvalue weighted by atomic mass is 32.2. The molecule has 5 nitrogen and oxygen atoms in total. The molecule has 3 N–H and O–H groups in total. The van der Waals surface area contributed by atoms with Crippen molar-refractivity contribution >= 4 is 29.3 Å². The third-order valence-electron chi connectivity index (χ3n) is 3.97. The first kappa shape index (κ1) is 16.6. The van der Waals surface area contributed by atoms with Crippen molar-refractivity contribution in [2.75, 3.05) is 30.0 Å². The number of aryl methyl sites for hydroxylation is 1. The van der Waals surface area contributed by atoms with Crippen LogP contribution in [0.1, 0.15) is 17.7 Å². The van der Waals surface area contributed by atoms with Crippen LogP contribution in [-0.4, -0.2) is 30.4 Å². The SMILES string of the molecule is CSc1ccc(NC(=O)NCCc2ccc3c(n2)NCCC3)cc1. The average molecular weight is 342 g/mol. The number of hydrogen-bond acceptors (Lipinski definition) is 4. The van der Waals surface area contributed by atoms with Crippen LogP contribution in [0.3, 0.4) is 0 Å². The van der Waals surface area contributed by atoms with E-state index in [2.05, 4.69) is 27.0 Å². The number of nitrogens with zero attached hydrogens (tertiary/aromatic N) is 1. The Kier molecular flexibility index (Phi) is 5.59. The lowest BCUT2D eigenvalue weighted by Gasteiger charge is -2.17. The van der Waals surface area contributed by atoms with Crippen molar-refractivity contribution in [1.29, 1.82) is 0 Å². The second-order valence-electron chi connectivity index (χ2n) is 5.70. The maximum atomic E-state index is 11.9. The van der Waals surface area contributed by atoms with Crippen molar-refractivity contribution < 1.29 is 4.79 Å². The van der Waals surface area contributed by atoms with E-state index in [1.54, 1.807) is 11.8 Å². The van der Waals surface area contributed by atoms with Gasteiger partial charge in [0.05, 0.1) is 0 Å². The molecular formula is C18H22N4OS. The van der Waals surface area contributed by atoms with Crippen LogP contribution in [0.4, 0.5) is 16.3 Å². The van der Waals surface area contributed by atoms with Gasteiger partial charge in [-0.25, -0.2) is 9.78 Å². The van der Waals surface area contributed by atoms with Gasteiger partial charge < -0.3 is 16.0 Å². The van der Waals surface area contributed by atoms with E-state index in [1.807, 2.05) is 36.6 Å². The van der Waals surface area contributed by atoms with Gasteiger partial charge in [0.2, 0.25) is 0 Å². The number of benzene rings is 1. The zero-order valence-electron chi connectivity index (χ0n) is 13.8. The molecule has 0 saturated carbocycles. The van der Waals surface area contributed by atoms with Gasteiger partial charge in [0, 0.05) is 35.8 Å². The minimum Gasteiger partial charge on any atom is -0.370 e. The monoisotopic (exact) mass is 342 g/mol. The zero-order valence-corrected chi connectivity index (χ0v) is 14.6. The number of nitrogens with one attached hydrogen (secondary N) is 3. The third kappa shape index (κ3) is 4.41. The molecule has 1 aliphatic rings. The Morgan fingerprint density at radius 3 is 2.88 bits per heavy atom. The Bertz CT molecular complexity index is 703. The standard InChI is InChI=1S/C18H22N4OS/c1-24-16-8-6-14(7-9-16)22-18(23)20-12-10-15-5-4-13-3-2-11-19-17(13)21-15/h4-9H,2-3,10-12H2,1H3,(H,19,21)(H2,20,22,23). The van der Waals surface area contributed by atoms with Crippen molar-refractivity contribution in [2.45, 2.75) is 24.2 Å². The average Bonchev–Trinajstić information content (AvgIpc) is 2.62. The second-order valence-corrected chi connectivity index (χ2v) is 6.58. The molecule has 3 rings (SSSR count). The minimum atomic E-state index is -0.192. The largest absolute Gasteiger partial charge is 0.370 e. The van der Waals surface area contributed by atoms with E-state index in [-0.39, 0.29) is 6.03 Å². The molecule has 0 atom stereocenters. The minimum absolute atomic E-state index is 0.192. The molecule has 0 saturated heterocycles. The molecule has 6 heteroatoms. The molecule has 1 aliphatic heterocycles. The smallest absolute Gasteiger partial charge is 0.319 e. The van der Waals surface area contributed by atoms with Crippen LogP contribution in [-0.2, 0) is 12.8 Å². The molecule has 0 aliphatic carbocycles. The van der Waals surface area contributed by atoms with Crippen molar-refractivity contribution in [3.05, 3.63) is 47.7 Å². The first-order valence-electron chi connectivity index (χ1n) is 8.16. The number of carbonyl (C=O) groups is 1. The number of urea groups is 1. The van der Waals surface area contributed by atoms with E-state index in [9.17, 15) is 4.79 Å². The van der Waals surface area contributed by atoms with Gasteiger partial charge in [-0.2, -0.15) is 0 Å². The number of pyridine rings is 1. The summed E-state index contributed by atoms with van der Waals surface area (Å²) in [5, 5.41) is 9.04. The maximum Gasteiger partial charge on any atom is 0.319 e. The maximum absolute atomic E-state index is 11.9. The van der Waals surface area contributed by atoms with E-state index < -0.39 is 0 Å². The fraction of sp³-hybridized carbons (Fsp3) is 0.333.